The average Bonchev–Trinajstić information content (AvgIpc) is 2.77. The molecule has 0 saturated heterocycles. The molecule has 0 aliphatic carbocycles. The maximum absolute atomic E-state index is 4.17. The van der Waals surface area contributed by atoms with Gasteiger partial charge in [-0.2, -0.15) is 5.10 Å². The minimum Gasteiger partial charge on any atom is -0.265 e. The molecule has 0 aliphatic heterocycles. The monoisotopic (exact) mass is 179 g/mol. The van der Waals surface area contributed by atoms with Gasteiger partial charge in [-0.05, 0) is 13.0 Å². The van der Waals surface area contributed by atoms with Crippen LogP contribution in [0.3, 0.4) is 0 Å². The lowest BCUT2D eigenvalue weighted by Gasteiger charge is -2.08. The van der Waals surface area contributed by atoms with E-state index in [1.54, 1.807) is 17.5 Å². The zero-order chi connectivity index (χ0) is 8.39. The van der Waals surface area contributed by atoms with Crippen molar-refractivity contribution in [1.29, 1.82) is 0 Å². The van der Waals surface area contributed by atoms with E-state index in [1.165, 1.54) is 4.88 Å². The molecule has 2 heterocycles. The van der Waals surface area contributed by atoms with E-state index in [2.05, 4.69) is 17.0 Å². The lowest BCUT2D eigenvalue weighted by atomic mass is 10.3. The van der Waals surface area contributed by atoms with E-state index in [1.807, 2.05) is 28.7 Å². The molecule has 0 aliphatic rings. The predicted octanol–water partition coefficient (Wildman–Crippen LogP) is 1.95. The number of nitrogens with zero attached hydrogens (tertiary/aromatic N) is 3. The number of hydrogen-bond donors (Lipinski definition) is 0. The van der Waals surface area contributed by atoms with E-state index in [0.717, 1.165) is 0 Å². The van der Waals surface area contributed by atoms with Crippen molar-refractivity contribution < 1.29 is 0 Å². The first kappa shape index (κ1) is 7.49. The molecule has 4 heteroatoms. The van der Waals surface area contributed by atoms with Crippen LogP contribution in [0.15, 0.2) is 30.2 Å². The molecule has 12 heavy (non-hydrogen) atoms. The smallest absolute Gasteiger partial charge is 0.0848 e. The second kappa shape index (κ2) is 3.06. The average molecular weight is 179 g/mol. The molecule has 2 aromatic rings. The molecule has 2 rings (SSSR count). The summed E-state index contributed by atoms with van der Waals surface area (Å²) in [7, 11) is 0. The van der Waals surface area contributed by atoms with Gasteiger partial charge < -0.3 is 0 Å². The van der Waals surface area contributed by atoms with Crippen LogP contribution in [0.25, 0.3) is 0 Å². The maximum Gasteiger partial charge on any atom is 0.0848 e. The molecule has 0 fully saturated rings. The fourth-order valence-corrected chi connectivity index (χ4v) is 1.74. The third-order valence-electron chi connectivity index (χ3n) is 1.78. The Morgan fingerprint density at radius 2 is 2.50 bits per heavy atom. The molecular formula is C8H9N3S. The lowest BCUT2D eigenvalue weighted by molar-refractivity contribution is 0.572. The van der Waals surface area contributed by atoms with E-state index >= 15 is 0 Å². The summed E-state index contributed by atoms with van der Waals surface area (Å²) < 4.78 is 1.92. The molecule has 0 radical (unpaired) electrons. The van der Waals surface area contributed by atoms with Crippen molar-refractivity contribution in [3.63, 3.8) is 0 Å². The molecule has 1 atom stereocenters. The van der Waals surface area contributed by atoms with E-state index < -0.39 is 0 Å². The molecule has 3 nitrogen and oxygen atoms in total. The van der Waals surface area contributed by atoms with Crippen LogP contribution in [-0.2, 0) is 0 Å². The summed E-state index contributed by atoms with van der Waals surface area (Å²) >= 11 is 1.66. The highest BCUT2D eigenvalue weighted by Gasteiger charge is 2.07. The van der Waals surface area contributed by atoms with Gasteiger partial charge in [0.05, 0.1) is 11.6 Å². The van der Waals surface area contributed by atoms with Gasteiger partial charge in [-0.25, -0.2) is 0 Å². The Morgan fingerprint density at radius 3 is 3.08 bits per heavy atom. The molecule has 0 spiro atoms. The zero-order valence-electron chi connectivity index (χ0n) is 6.71. The zero-order valence-corrected chi connectivity index (χ0v) is 7.53. The predicted molar refractivity (Wildman–Crippen MR) is 48.2 cm³/mol. The summed E-state index contributed by atoms with van der Waals surface area (Å²) in [6.45, 7) is 2.11. The largest absolute Gasteiger partial charge is 0.265 e. The van der Waals surface area contributed by atoms with Crippen LogP contribution in [0.4, 0.5) is 0 Å². The topological polar surface area (TPSA) is 30.7 Å². The van der Waals surface area contributed by atoms with Gasteiger partial charge in [-0.1, -0.05) is 0 Å². The van der Waals surface area contributed by atoms with Crippen molar-refractivity contribution in [3.8, 4) is 0 Å². The minimum atomic E-state index is 0.299. The molecule has 0 saturated carbocycles. The second-order valence-corrected chi connectivity index (χ2v) is 3.48. The second-order valence-electron chi connectivity index (χ2n) is 2.57. The summed E-state index contributed by atoms with van der Waals surface area (Å²) in [6.07, 6.45) is 5.64. The third kappa shape index (κ3) is 1.25. The Bertz CT molecular complexity index is 291. The summed E-state index contributed by atoms with van der Waals surface area (Å²) in [5.41, 5.74) is 1.84. The van der Waals surface area contributed by atoms with Crippen LogP contribution in [0.2, 0.25) is 0 Å². The van der Waals surface area contributed by atoms with Gasteiger partial charge in [0.15, 0.2) is 0 Å². The van der Waals surface area contributed by atoms with Crippen molar-refractivity contribution >= 4 is 11.3 Å². The Labute approximate surface area is 74.7 Å². The fourth-order valence-electron chi connectivity index (χ4n) is 1.07. The van der Waals surface area contributed by atoms with Crippen molar-refractivity contribution in [2.75, 3.05) is 0 Å². The normalized spacial score (nSPS) is 13.1. The van der Waals surface area contributed by atoms with Crippen molar-refractivity contribution in [1.82, 2.24) is 14.8 Å². The van der Waals surface area contributed by atoms with E-state index in [-0.39, 0.29) is 0 Å². The third-order valence-corrected chi connectivity index (χ3v) is 2.73. The van der Waals surface area contributed by atoms with Gasteiger partial charge in [-0.3, -0.25) is 9.67 Å². The van der Waals surface area contributed by atoms with E-state index in [0.29, 0.717) is 6.04 Å². The molecule has 0 amide bonds. The van der Waals surface area contributed by atoms with Gasteiger partial charge in [0.1, 0.15) is 0 Å². The first-order chi connectivity index (χ1) is 5.88. The minimum absolute atomic E-state index is 0.299. The van der Waals surface area contributed by atoms with Crippen molar-refractivity contribution in [2.24, 2.45) is 0 Å². The van der Waals surface area contributed by atoms with Gasteiger partial charge in [0, 0.05) is 23.5 Å². The number of rotatable bonds is 2. The molecule has 0 N–H and O–H groups in total. The van der Waals surface area contributed by atoms with Crippen LogP contribution < -0.4 is 0 Å². The van der Waals surface area contributed by atoms with Gasteiger partial charge >= 0.3 is 0 Å². The molecular weight excluding hydrogens is 170 g/mol. The van der Waals surface area contributed by atoms with Crippen LogP contribution in [-0.4, -0.2) is 14.8 Å². The van der Waals surface area contributed by atoms with Crippen molar-refractivity contribution in [2.45, 2.75) is 13.0 Å². The molecule has 1 unspecified atom stereocenters. The molecule has 0 aromatic carbocycles. The highest BCUT2D eigenvalue weighted by atomic mass is 32.1. The number of thiazole rings is 1. The lowest BCUT2D eigenvalue weighted by Crippen LogP contribution is -2.04. The Kier molecular flexibility index (Phi) is 1.91. The van der Waals surface area contributed by atoms with Crippen LogP contribution in [0, 0.1) is 0 Å². The fraction of sp³-hybridized carbons (Fsp3) is 0.250. The van der Waals surface area contributed by atoms with Crippen LogP contribution in [0.5, 0.6) is 0 Å². The van der Waals surface area contributed by atoms with E-state index in [4.69, 9.17) is 0 Å². The van der Waals surface area contributed by atoms with Gasteiger partial charge in [0.2, 0.25) is 0 Å². The summed E-state index contributed by atoms with van der Waals surface area (Å²) in [5, 5.41) is 4.17. The Balaban J connectivity index is 2.27. The quantitative estimate of drug-likeness (QED) is 0.705. The first-order valence-corrected chi connectivity index (χ1v) is 4.63. The van der Waals surface area contributed by atoms with Gasteiger partial charge in [0.25, 0.3) is 0 Å². The molecule has 0 bridgehead atoms. The Morgan fingerprint density at radius 1 is 1.58 bits per heavy atom. The van der Waals surface area contributed by atoms with E-state index in [9.17, 15) is 0 Å². The summed E-state index contributed by atoms with van der Waals surface area (Å²) in [6, 6.07) is 2.23. The van der Waals surface area contributed by atoms with Gasteiger partial charge in [-0.15, -0.1) is 11.3 Å². The number of aromatic nitrogens is 3. The SMILES string of the molecule is CC(c1cncs1)n1cccn1. The standard InChI is InChI=1S/C8H9N3S/c1-7(8-5-9-6-12-8)11-4-2-3-10-11/h2-7H,1H3. The van der Waals surface area contributed by atoms with Crippen molar-refractivity contribution in [3.05, 3.63) is 35.0 Å². The highest BCUT2D eigenvalue weighted by Crippen LogP contribution is 2.19. The maximum atomic E-state index is 4.17. The molecule has 2 aromatic heterocycles. The summed E-state index contributed by atoms with van der Waals surface area (Å²) in [5.74, 6) is 0. The first-order valence-electron chi connectivity index (χ1n) is 3.75. The highest BCUT2D eigenvalue weighted by molar-refractivity contribution is 7.09. The molecule has 62 valence electrons. The summed E-state index contributed by atoms with van der Waals surface area (Å²) in [4.78, 5) is 5.27. The Hall–Kier alpha value is -1.16. The number of hydrogen-bond acceptors (Lipinski definition) is 3. The van der Waals surface area contributed by atoms with Crippen LogP contribution in [0.1, 0.15) is 17.8 Å². The van der Waals surface area contributed by atoms with Crippen LogP contribution >= 0.6 is 11.3 Å².